The molecule has 0 amide bonds. The Morgan fingerprint density at radius 3 is 2.70 bits per heavy atom. The molecule has 0 saturated heterocycles. The average molecular weight is 369 g/mol. The second-order valence-corrected chi connectivity index (χ2v) is 11.5. The third kappa shape index (κ3) is 3.28. The van der Waals surface area contributed by atoms with Crippen molar-refractivity contribution in [1.82, 2.24) is 0 Å². The maximum absolute atomic E-state index is 2.72. The smallest absolute Gasteiger partial charge is 0.00853 e. The van der Waals surface area contributed by atoms with Gasteiger partial charge >= 0.3 is 0 Å². The second kappa shape index (κ2) is 7.38. The average Bonchev–Trinajstić information content (AvgIpc) is 2.98. The number of allylic oxidation sites excluding steroid dienone is 4. The summed E-state index contributed by atoms with van der Waals surface area (Å²) in [6.07, 6.45) is 21.1. The summed E-state index contributed by atoms with van der Waals surface area (Å²) in [5.74, 6) is 4.92. The molecule has 0 aromatic rings. The maximum Gasteiger partial charge on any atom is -0.00853 e. The van der Waals surface area contributed by atoms with Gasteiger partial charge in [-0.05, 0) is 125 Å². The molecule has 0 heteroatoms. The van der Waals surface area contributed by atoms with E-state index in [9.17, 15) is 0 Å². The van der Waals surface area contributed by atoms with Gasteiger partial charge in [-0.2, -0.15) is 0 Å². The van der Waals surface area contributed by atoms with Gasteiger partial charge in [-0.25, -0.2) is 0 Å². The summed E-state index contributed by atoms with van der Waals surface area (Å²) < 4.78 is 0. The van der Waals surface area contributed by atoms with E-state index in [0.29, 0.717) is 10.8 Å². The van der Waals surface area contributed by atoms with Crippen LogP contribution in [-0.4, -0.2) is 0 Å². The van der Waals surface area contributed by atoms with E-state index < -0.39 is 0 Å². The van der Waals surface area contributed by atoms with Crippen LogP contribution in [0.2, 0.25) is 0 Å². The molecule has 0 aromatic carbocycles. The standard InChI is InChI=1S/C27H44/c1-19(2)9-8-10-20(3)23-14-15-24-22-13-12-21-11-6-7-17-26(21,4)25(22)16-18-27(23,24)5/h9,11,20,22-25H,6-8,10,12-18H2,1-5H3/t20-,22+,23-,24+,25+,26+,27-/m1/s1. The molecule has 4 rings (SSSR count). The monoisotopic (exact) mass is 368 g/mol. The van der Waals surface area contributed by atoms with Crippen LogP contribution >= 0.6 is 0 Å². The van der Waals surface area contributed by atoms with Crippen LogP contribution in [0.1, 0.15) is 105 Å². The Labute approximate surface area is 169 Å². The maximum atomic E-state index is 2.72. The Hall–Kier alpha value is -0.520. The summed E-state index contributed by atoms with van der Waals surface area (Å²) in [6.45, 7) is 12.4. The molecule has 4 aliphatic carbocycles. The number of fused-ring (bicyclic) bond motifs is 5. The Morgan fingerprint density at radius 1 is 1.11 bits per heavy atom. The first kappa shape index (κ1) is 19.8. The van der Waals surface area contributed by atoms with Crippen molar-refractivity contribution >= 4 is 0 Å². The highest BCUT2D eigenvalue weighted by molar-refractivity contribution is 5.23. The molecule has 0 N–H and O–H groups in total. The van der Waals surface area contributed by atoms with Gasteiger partial charge in [0, 0.05) is 0 Å². The molecule has 4 aliphatic rings. The molecule has 152 valence electrons. The number of hydrogen-bond donors (Lipinski definition) is 0. The van der Waals surface area contributed by atoms with Gasteiger partial charge in [-0.3, -0.25) is 0 Å². The minimum absolute atomic E-state index is 0.565. The minimum atomic E-state index is 0.565. The van der Waals surface area contributed by atoms with Crippen molar-refractivity contribution in [3.8, 4) is 0 Å². The van der Waals surface area contributed by atoms with Crippen molar-refractivity contribution in [3.05, 3.63) is 23.3 Å². The molecule has 27 heavy (non-hydrogen) atoms. The molecule has 0 heterocycles. The van der Waals surface area contributed by atoms with Crippen LogP contribution in [0.25, 0.3) is 0 Å². The van der Waals surface area contributed by atoms with Gasteiger partial charge in [0.25, 0.3) is 0 Å². The van der Waals surface area contributed by atoms with Crippen LogP contribution in [0.5, 0.6) is 0 Å². The molecule has 0 spiro atoms. The highest BCUT2D eigenvalue weighted by Crippen LogP contribution is 2.67. The van der Waals surface area contributed by atoms with Gasteiger partial charge < -0.3 is 0 Å². The fraction of sp³-hybridized carbons (Fsp3) is 0.852. The highest BCUT2D eigenvalue weighted by atomic mass is 14.6. The lowest BCUT2D eigenvalue weighted by Gasteiger charge is -2.58. The zero-order chi connectivity index (χ0) is 19.2. The minimum Gasteiger partial charge on any atom is -0.0859 e. The van der Waals surface area contributed by atoms with Crippen LogP contribution < -0.4 is 0 Å². The molecular formula is C27H44. The van der Waals surface area contributed by atoms with Gasteiger partial charge in [0.05, 0.1) is 0 Å². The van der Waals surface area contributed by atoms with Gasteiger partial charge in [0.1, 0.15) is 0 Å². The number of rotatable bonds is 4. The van der Waals surface area contributed by atoms with E-state index in [0.717, 1.165) is 29.6 Å². The Morgan fingerprint density at radius 2 is 1.93 bits per heavy atom. The van der Waals surface area contributed by atoms with Crippen molar-refractivity contribution in [2.24, 2.45) is 40.4 Å². The quantitative estimate of drug-likeness (QED) is 0.437. The highest BCUT2D eigenvalue weighted by Gasteiger charge is 2.59. The lowest BCUT2D eigenvalue weighted by molar-refractivity contribution is -0.0590. The van der Waals surface area contributed by atoms with E-state index in [4.69, 9.17) is 0 Å². The van der Waals surface area contributed by atoms with Crippen LogP contribution in [-0.2, 0) is 0 Å². The Balaban J connectivity index is 1.50. The summed E-state index contributed by atoms with van der Waals surface area (Å²) in [7, 11) is 0. The van der Waals surface area contributed by atoms with Crippen LogP contribution in [0, 0.1) is 40.4 Å². The van der Waals surface area contributed by atoms with Crippen LogP contribution in [0.3, 0.4) is 0 Å². The third-order valence-electron chi connectivity index (χ3n) is 9.96. The summed E-state index contributed by atoms with van der Waals surface area (Å²) in [5, 5.41) is 0. The topological polar surface area (TPSA) is 0 Å². The molecule has 0 bridgehead atoms. The van der Waals surface area contributed by atoms with Crippen molar-refractivity contribution < 1.29 is 0 Å². The SMILES string of the molecule is CC(C)=CCC[C@@H](C)[C@H]1CC[C@H]2[C@@H]3CCC4=CCCC[C@]4(C)[C@H]3CC[C@]12C. The fourth-order valence-electron chi connectivity index (χ4n) is 8.57. The molecule has 0 aromatic heterocycles. The van der Waals surface area contributed by atoms with E-state index in [2.05, 4.69) is 46.8 Å². The van der Waals surface area contributed by atoms with Crippen LogP contribution in [0.15, 0.2) is 23.3 Å². The molecular weight excluding hydrogens is 324 g/mol. The van der Waals surface area contributed by atoms with Crippen molar-refractivity contribution in [2.45, 2.75) is 105 Å². The van der Waals surface area contributed by atoms with Gasteiger partial charge in [0.2, 0.25) is 0 Å². The fourth-order valence-corrected chi connectivity index (χ4v) is 8.57. The van der Waals surface area contributed by atoms with Gasteiger partial charge in [0.15, 0.2) is 0 Å². The summed E-state index contributed by atoms with van der Waals surface area (Å²) in [4.78, 5) is 0. The summed E-state index contributed by atoms with van der Waals surface area (Å²) in [6, 6.07) is 0. The van der Waals surface area contributed by atoms with E-state index >= 15 is 0 Å². The van der Waals surface area contributed by atoms with Gasteiger partial charge in [-0.1, -0.05) is 44.1 Å². The lowest BCUT2D eigenvalue weighted by atomic mass is 9.46. The number of hydrogen-bond acceptors (Lipinski definition) is 0. The van der Waals surface area contributed by atoms with Crippen molar-refractivity contribution in [3.63, 3.8) is 0 Å². The van der Waals surface area contributed by atoms with E-state index in [1.165, 1.54) is 76.2 Å². The van der Waals surface area contributed by atoms with E-state index in [1.54, 1.807) is 0 Å². The summed E-state index contributed by atoms with van der Waals surface area (Å²) in [5.41, 5.74) is 4.56. The zero-order valence-electron chi connectivity index (χ0n) is 18.8. The Bertz CT molecular complexity index is 606. The largest absolute Gasteiger partial charge is 0.0859 e. The van der Waals surface area contributed by atoms with Crippen molar-refractivity contribution in [2.75, 3.05) is 0 Å². The molecule has 0 aliphatic heterocycles. The molecule has 3 saturated carbocycles. The molecule has 0 radical (unpaired) electrons. The van der Waals surface area contributed by atoms with E-state index in [-0.39, 0.29) is 0 Å². The molecule has 0 nitrogen and oxygen atoms in total. The van der Waals surface area contributed by atoms with Gasteiger partial charge in [-0.15, -0.1) is 0 Å². The lowest BCUT2D eigenvalue weighted by Crippen LogP contribution is -2.50. The predicted octanol–water partition coefficient (Wildman–Crippen LogP) is 8.34. The molecule has 7 atom stereocenters. The first-order valence-corrected chi connectivity index (χ1v) is 12.2. The van der Waals surface area contributed by atoms with Crippen molar-refractivity contribution in [1.29, 1.82) is 0 Å². The molecule has 0 unspecified atom stereocenters. The third-order valence-corrected chi connectivity index (χ3v) is 9.96. The second-order valence-electron chi connectivity index (χ2n) is 11.5. The predicted molar refractivity (Wildman–Crippen MR) is 118 cm³/mol. The molecule has 3 fully saturated rings. The zero-order valence-corrected chi connectivity index (χ0v) is 18.8. The first-order chi connectivity index (χ1) is 12.9. The normalized spacial score (nSPS) is 44.6. The van der Waals surface area contributed by atoms with E-state index in [1.807, 2.05) is 5.57 Å². The summed E-state index contributed by atoms with van der Waals surface area (Å²) >= 11 is 0. The van der Waals surface area contributed by atoms with Crippen LogP contribution in [0.4, 0.5) is 0 Å². The first-order valence-electron chi connectivity index (χ1n) is 12.2. The Kier molecular flexibility index (Phi) is 5.41.